The monoisotopic (exact) mass is 274 g/mol. The molecule has 2 N–H and O–H groups in total. The molecule has 0 fully saturated rings. The van der Waals surface area contributed by atoms with Gasteiger partial charge in [0.25, 0.3) is 0 Å². The van der Waals surface area contributed by atoms with Gasteiger partial charge in [0.2, 0.25) is 5.75 Å². The maximum absolute atomic E-state index is 9.90. The predicted octanol–water partition coefficient (Wildman–Crippen LogP) is 2.90. The summed E-state index contributed by atoms with van der Waals surface area (Å²) in [5, 5.41) is 19.1. The molecule has 0 aromatic heterocycles. The predicted molar refractivity (Wildman–Crippen MR) is 76.7 cm³/mol. The third-order valence-electron chi connectivity index (χ3n) is 3.16. The zero-order chi connectivity index (χ0) is 14.5. The van der Waals surface area contributed by atoms with Gasteiger partial charge in [0.15, 0.2) is 11.5 Å². The van der Waals surface area contributed by atoms with E-state index in [1.165, 1.54) is 7.11 Å². The van der Waals surface area contributed by atoms with E-state index in [1.54, 1.807) is 25.3 Å². The van der Waals surface area contributed by atoms with Gasteiger partial charge in [-0.2, -0.15) is 0 Å². The highest BCUT2D eigenvalue weighted by Gasteiger charge is 2.11. The summed E-state index contributed by atoms with van der Waals surface area (Å²) in [5.41, 5.74) is 2.09. The molecule has 4 heteroatoms. The van der Waals surface area contributed by atoms with Crippen LogP contribution in [0.1, 0.15) is 11.1 Å². The van der Waals surface area contributed by atoms with E-state index >= 15 is 0 Å². The number of aromatic hydroxyl groups is 2. The molecule has 2 aromatic rings. The molecule has 0 heterocycles. The van der Waals surface area contributed by atoms with Crippen molar-refractivity contribution < 1.29 is 19.7 Å². The van der Waals surface area contributed by atoms with Crippen molar-refractivity contribution in [1.82, 2.24) is 0 Å². The average Bonchev–Trinajstić information content (AvgIpc) is 2.46. The van der Waals surface area contributed by atoms with E-state index in [4.69, 9.17) is 9.47 Å². The third-order valence-corrected chi connectivity index (χ3v) is 3.16. The van der Waals surface area contributed by atoms with Crippen molar-refractivity contribution >= 4 is 0 Å². The second-order valence-electron chi connectivity index (χ2n) is 4.52. The number of phenols is 2. The van der Waals surface area contributed by atoms with Gasteiger partial charge in [-0.25, -0.2) is 0 Å². The van der Waals surface area contributed by atoms with Crippen molar-refractivity contribution in [3.8, 4) is 23.0 Å². The standard InChI is InChI=1S/C16H18O4/c1-19-15-10-12(9-14(18)16(15)20-2)4-3-11-5-7-13(17)8-6-11/h5-10,17-18H,3-4H2,1-2H3. The van der Waals surface area contributed by atoms with Gasteiger partial charge in [-0.1, -0.05) is 12.1 Å². The van der Waals surface area contributed by atoms with Crippen LogP contribution in [0.4, 0.5) is 0 Å². The number of ether oxygens (including phenoxy) is 2. The summed E-state index contributed by atoms with van der Waals surface area (Å²) in [6, 6.07) is 10.6. The lowest BCUT2D eigenvalue weighted by Crippen LogP contribution is -1.95. The van der Waals surface area contributed by atoms with E-state index in [9.17, 15) is 10.2 Å². The third kappa shape index (κ3) is 3.15. The Kier molecular flexibility index (Phi) is 4.35. The van der Waals surface area contributed by atoms with Crippen LogP contribution in [0.5, 0.6) is 23.0 Å². The first-order valence-corrected chi connectivity index (χ1v) is 6.36. The zero-order valence-electron chi connectivity index (χ0n) is 11.6. The molecule has 0 aliphatic carbocycles. The first-order chi connectivity index (χ1) is 9.63. The molecule has 0 aliphatic rings. The number of hydrogen-bond acceptors (Lipinski definition) is 4. The summed E-state index contributed by atoms with van der Waals surface area (Å²) < 4.78 is 10.3. The molecule has 0 aliphatic heterocycles. The average molecular weight is 274 g/mol. The Morgan fingerprint density at radius 3 is 2.10 bits per heavy atom. The molecule has 0 spiro atoms. The number of phenolic OH excluding ortho intramolecular Hbond substituents is 2. The minimum Gasteiger partial charge on any atom is -0.508 e. The SMILES string of the molecule is COc1cc(CCc2ccc(O)cc2)cc(O)c1OC. The van der Waals surface area contributed by atoms with Crippen LogP contribution in [0.3, 0.4) is 0 Å². The fraction of sp³-hybridized carbons (Fsp3) is 0.250. The normalized spacial score (nSPS) is 10.3. The summed E-state index contributed by atoms with van der Waals surface area (Å²) in [5.74, 6) is 1.21. The highest BCUT2D eigenvalue weighted by atomic mass is 16.5. The quantitative estimate of drug-likeness (QED) is 0.880. The van der Waals surface area contributed by atoms with Crippen LogP contribution >= 0.6 is 0 Å². The Morgan fingerprint density at radius 2 is 1.50 bits per heavy atom. The van der Waals surface area contributed by atoms with Crippen LogP contribution < -0.4 is 9.47 Å². The van der Waals surface area contributed by atoms with Crippen molar-refractivity contribution in [3.63, 3.8) is 0 Å². The molecule has 0 atom stereocenters. The highest BCUT2D eigenvalue weighted by molar-refractivity contribution is 5.53. The van der Waals surface area contributed by atoms with Crippen LogP contribution in [-0.2, 0) is 12.8 Å². The Labute approximate surface area is 118 Å². The molecule has 0 amide bonds. The van der Waals surface area contributed by atoms with Gasteiger partial charge < -0.3 is 19.7 Å². The van der Waals surface area contributed by atoms with Gasteiger partial charge in [-0.3, -0.25) is 0 Å². The van der Waals surface area contributed by atoms with E-state index in [1.807, 2.05) is 18.2 Å². The maximum atomic E-state index is 9.90. The van der Waals surface area contributed by atoms with Crippen molar-refractivity contribution in [2.45, 2.75) is 12.8 Å². The molecule has 0 bridgehead atoms. The lowest BCUT2D eigenvalue weighted by Gasteiger charge is -2.11. The first kappa shape index (κ1) is 14.1. The molecule has 2 rings (SSSR count). The highest BCUT2D eigenvalue weighted by Crippen LogP contribution is 2.37. The second kappa shape index (κ2) is 6.19. The molecule has 0 saturated heterocycles. The molecular formula is C16H18O4. The van der Waals surface area contributed by atoms with Crippen molar-refractivity contribution in [1.29, 1.82) is 0 Å². The molecular weight excluding hydrogens is 256 g/mol. The van der Waals surface area contributed by atoms with E-state index in [0.717, 1.165) is 24.0 Å². The van der Waals surface area contributed by atoms with Crippen LogP contribution in [0.2, 0.25) is 0 Å². The molecule has 20 heavy (non-hydrogen) atoms. The first-order valence-electron chi connectivity index (χ1n) is 6.36. The van der Waals surface area contributed by atoms with Gasteiger partial charge >= 0.3 is 0 Å². The smallest absolute Gasteiger partial charge is 0.203 e. The molecule has 2 aromatic carbocycles. The zero-order valence-corrected chi connectivity index (χ0v) is 11.6. The molecule has 106 valence electrons. The Morgan fingerprint density at radius 1 is 0.850 bits per heavy atom. The number of hydrogen-bond donors (Lipinski definition) is 2. The second-order valence-corrected chi connectivity index (χ2v) is 4.52. The topological polar surface area (TPSA) is 58.9 Å². The van der Waals surface area contributed by atoms with Crippen molar-refractivity contribution in [3.05, 3.63) is 47.5 Å². The fourth-order valence-electron chi connectivity index (χ4n) is 2.10. The van der Waals surface area contributed by atoms with Gasteiger partial charge in [0.1, 0.15) is 5.75 Å². The maximum Gasteiger partial charge on any atom is 0.203 e. The fourth-order valence-corrected chi connectivity index (χ4v) is 2.10. The Balaban J connectivity index is 2.13. The van der Waals surface area contributed by atoms with Crippen molar-refractivity contribution in [2.75, 3.05) is 14.2 Å². The largest absolute Gasteiger partial charge is 0.508 e. The van der Waals surface area contributed by atoms with Gasteiger partial charge in [0.05, 0.1) is 14.2 Å². The molecule has 0 unspecified atom stereocenters. The van der Waals surface area contributed by atoms with E-state index < -0.39 is 0 Å². The summed E-state index contributed by atoms with van der Waals surface area (Å²) in [4.78, 5) is 0. The summed E-state index contributed by atoms with van der Waals surface area (Å²) in [6.07, 6.45) is 1.58. The number of rotatable bonds is 5. The van der Waals surface area contributed by atoms with Crippen LogP contribution in [0, 0.1) is 0 Å². The summed E-state index contributed by atoms with van der Waals surface area (Å²) in [6.45, 7) is 0. The lowest BCUT2D eigenvalue weighted by atomic mass is 10.0. The van der Waals surface area contributed by atoms with Crippen LogP contribution in [0.15, 0.2) is 36.4 Å². The number of benzene rings is 2. The van der Waals surface area contributed by atoms with Crippen molar-refractivity contribution in [2.24, 2.45) is 0 Å². The van der Waals surface area contributed by atoms with Gasteiger partial charge in [-0.05, 0) is 48.2 Å². The number of methoxy groups -OCH3 is 2. The van der Waals surface area contributed by atoms with E-state index in [2.05, 4.69) is 0 Å². The van der Waals surface area contributed by atoms with Gasteiger partial charge in [-0.15, -0.1) is 0 Å². The van der Waals surface area contributed by atoms with E-state index in [-0.39, 0.29) is 11.5 Å². The van der Waals surface area contributed by atoms with Crippen LogP contribution in [-0.4, -0.2) is 24.4 Å². The Hall–Kier alpha value is -2.36. The van der Waals surface area contributed by atoms with Gasteiger partial charge in [0, 0.05) is 0 Å². The summed E-state index contributed by atoms with van der Waals surface area (Å²) in [7, 11) is 3.04. The van der Waals surface area contributed by atoms with E-state index in [0.29, 0.717) is 11.5 Å². The lowest BCUT2D eigenvalue weighted by molar-refractivity contribution is 0.332. The minimum absolute atomic E-state index is 0.0764. The molecule has 4 nitrogen and oxygen atoms in total. The minimum atomic E-state index is 0.0764. The van der Waals surface area contributed by atoms with Crippen LogP contribution in [0.25, 0.3) is 0 Å². The molecule has 0 radical (unpaired) electrons. The number of aryl methyl sites for hydroxylation is 2. The summed E-state index contributed by atoms with van der Waals surface area (Å²) >= 11 is 0. The molecule has 0 saturated carbocycles. The Bertz CT molecular complexity index is 576.